The largest absolute Gasteiger partial charge is 0.456 e. The molecule has 0 aromatic carbocycles. The van der Waals surface area contributed by atoms with Crippen molar-refractivity contribution in [3.8, 4) is 11.5 Å². The van der Waals surface area contributed by atoms with E-state index in [1.54, 1.807) is 24.5 Å². The molecule has 4 aromatic heterocycles. The number of nitrogens with zero attached hydrogens (tertiary/aromatic N) is 7. The van der Waals surface area contributed by atoms with Gasteiger partial charge >= 0.3 is 0 Å². The summed E-state index contributed by atoms with van der Waals surface area (Å²) in [5.41, 5.74) is 3.07. The number of pyridine rings is 2. The van der Waals surface area contributed by atoms with Gasteiger partial charge in [0.05, 0.1) is 17.4 Å². The number of hydrogen-bond donors (Lipinski definition) is 1. The summed E-state index contributed by atoms with van der Waals surface area (Å²) in [6, 6.07) is 7.47. The Balaban J connectivity index is 1.35. The molecule has 0 aliphatic carbocycles. The minimum Gasteiger partial charge on any atom is -0.456 e. The van der Waals surface area contributed by atoms with Gasteiger partial charge < -0.3 is 19.5 Å². The molecule has 1 N–H and O–H groups in total. The summed E-state index contributed by atoms with van der Waals surface area (Å²) in [7, 11) is 1.92. The lowest BCUT2D eigenvalue weighted by molar-refractivity contribution is -0.116. The Hall–Kier alpha value is -3.86. The van der Waals surface area contributed by atoms with Gasteiger partial charge in [-0.05, 0) is 31.9 Å². The van der Waals surface area contributed by atoms with Gasteiger partial charge in [-0.25, -0.2) is 9.37 Å². The minimum atomic E-state index is -0.303. The molecule has 11 heteroatoms. The van der Waals surface area contributed by atoms with E-state index in [-0.39, 0.29) is 24.3 Å². The van der Waals surface area contributed by atoms with E-state index in [1.807, 2.05) is 17.7 Å². The Bertz CT molecular complexity index is 1510. The number of anilines is 2. The Morgan fingerprint density at radius 3 is 2.77 bits per heavy atom. The molecule has 0 spiro atoms. The monoisotopic (exact) mass is 548 g/mol. The highest BCUT2D eigenvalue weighted by Gasteiger charge is 2.27. The molecule has 0 saturated carbocycles. The smallest absolute Gasteiger partial charge is 0.210 e. The van der Waals surface area contributed by atoms with E-state index in [4.69, 9.17) is 9.84 Å². The first-order valence-electron chi connectivity index (χ1n) is 13.7. The molecule has 1 atom stereocenters. The SMILES string of the molecule is CC(=O)Cc1cc(Oc2cnc3nc(Nc4cc(C(C)(C)C)n(C[C@H]5CCN(CCF)C5)n4)n(C)c3c2)ccn1. The number of alkyl halides is 1. The maximum Gasteiger partial charge on any atom is 0.210 e. The van der Waals surface area contributed by atoms with Crippen LogP contribution in [0.1, 0.15) is 45.5 Å². The van der Waals surface area contributed by atoms with Crippen molar-refractivity contribution in [1.82, 2.24) is 34.2 Å². The molecule has 4 aromatic rings. The van der Waals surface area contributed by atoms with Crippen LogP contribution in [-0.4, -0.2) is 66.3 Å². The summed E-state index contributed by atoms with van der Waals surface area (Å²) in [5.74, 6) is 2.96. The van der Waals surface area contributed by atoms with Gasteiger partial charge in [-0.15, -0.1) is 0 Å². The van der Waals surface area contributed by atoms with E-state index < -0.39 is 0 Å². The van der Waals surface area contributed by atoms with Crippen LogP contribution in [0.4, 0.5) is 16.2 Å². The Morgan fingerprint density at radius 1 is 1.20 bits per heavy atom. The lowest BCUT2D eigenvalue weighted by Gasteiger charge is -2.22. The first-order valence-corrected chi connectivity index (χ1v) is 13.7. The number of imidazole rings is 1. The Labute approximate surface area is 233 Å². The molecule has 40 heavy (non-hydrogen) atoms. The van der Waals surface area contributed by atoms with E-state index in [2.05, 4.69) is 56.7 Å². The second kappa shape index (κ2) is 11.3. The number of rotatable bonds is 10. The fourth-order valence-electron chi connectivity index (χ4n) is 5.19. The molecule has 5 heterocycles. The van der Waals surface area contributed by atoms with Crippen molar-refractivity contribution in [2.75, 3.05) is 31.6 Å². The molecule has 5 rings (SSSR count). The van der Waals surface area contributed by atoms with E-state index in [0.717, 1.165) is 37.3 Å². The fourth-order valence-corrected chi connectivity index (χ4v) is 5.19. The third kappa shape index (κ3) is 6.30. The van der Waals surface area contributed by atoms with Crippen LogP contribution in [0.25, 0.3) is 11.2 Å². The van der Waals surface area contributed by atoms with Gasteiger partial charge in [-0.2, -0.15) is 10.1 Å². The molecule has 1 aliphatic heterocycles. The molecule has 0 unspecified atom stereocenters. The van der Waals surface area contributed by atoms with Crippen molar-refractivity contribution in [2.24, 2.45) is 13.0 Å². The first kappa shape index (κ1) is 27.7. The van der Waals surface area contributed by atoms with Crippen molar-refractivity contribution in [2.45, 2.75) is 52.5 Å². The van der Waals surface area contributed by atoms with Crippen molar-refractivity contribution in [3.63, 3.8) is 0 Å². The van der Waals surface area contributed by atoms with E-state index >= 15 is 0 Å². The van der Waals surface area contributed by atoms with Crippen LogP contribution in [0.5, 0.6) is 11.5 Å². The number of Topliss-reactive ketones (excluding diaryl/α,β-unsaturated/α-hetero) is 1. The number of aryl methyl sites for hydroxylation is 1. The number of ketones is 1. The summed E-state index contributed by atoms with van der Waals surface area (Å²) >= 11 is 0. The summed E-state index contributed by atoms with van der Waals surface area (Å²) in [6.07, 6.45) is 4.56. The highest BCUT2D eigenvalue weighted by Crippen LogP contribution is 2.30. The molecule has 0 amide bonds. The molecular weight excluding hydrogens is 511 g/mol. The third-order valence-corrected chi connectivity index (χ3v) is 7.16. The standard InChI is InChI=1S/C29H37FN8O2/c1-19(39)12-21-13-22(6-9-31-21)40-23-14-24-27(32-16-23)34-28(36(24)5)33-26-15-25(29(2,3)4)38(35-26)18-20-7-10-37(17-20)11-8-30/h6,9,13-16,20H,7-8,10-12,17-18H2,1-5H3,(H,32,33,34,35)/t20-/m0/s1. The van der Waals surface area contributed by atoms with Crippen LogP contribution in [0.3, 0.4) is 0 Å². The van der Waals surface area contributed by atoms with E-state index in [0.29, 0.717) is 47.1 Å². The Kier molecular flexibility index (Phi) is 7.84. The van der Waals surface area contributed by atoms with Crippen molar-refractivity contribution in [3.05, 3.63) is 48.0 Å². The summed E-state index contributed by atoms with van der Waals surface area (Å²) in [5, 5.41) is 8.29. The number of fused-ring (bicyclic) bond motifs is 1. The van der Waals surface area contributed by atoms with Gasteiger partial charge in [0.15, 0.2) is 11.5 Å². The maximum absolute atomic E-state index is 12.8. The molecule has 1 fully saturated rings. The quantitative estimate of drug-likeness (QED) is 0.301. The van der Waals surface area contributed by atoms with E-state index in [1.165, 1.54) is 6.92 Å². The van der Waals surface area contributed by atoms with Crippen LogP contribution in [0, 0.1) is 5.92 Å². The zero-order valence-corrected chi connectivity index (χ0v) is 23.8. The van der Waals surface area contributed by atoms with Crippen LogP contribution in [-0.2, 0) is 30.2 Å². The van der Waals surface area contributed by atoms with Gasteiger partial charge in [0.2, 0.25) is 5.95 Å². The average molecular weight is 549 g/mol. The number of hydrogen-bond acceptors (Lipinski definition) is 8. The lowest BCUT2D eigenvalue weighted by Crippen LogP contribution is -2.26. The van der Waals surface area contributed by atoms with Gasteiger partial charge in [-0.1, -0.05) is 20.8 Å². The molecule has 10 nitrogen and oxygen atoms in total. The third-order valence-electron chi connectivity index (χ3n) is 7.16. The van der Waals surface area contributed by atoms with E-state index in [9.17, 15) is 9.18 Å². The predicted molar refractivity (Wildman–Crippen MR) is 152 cm³/mol. The summed E-state index contributed by atoms with van der Waals surface area (Å²) in [6.45, 7) is 10.9. The number of likely N-dealkylation sites (tertiary alicyclic amines) is 1. The molecular formula is C29H37FN8O2. The second-order valence-electron chi connectivity index (χ2n) is 11.6. The normalized spacial score (nSPS) is 16.1. The van der Waals surface area contributed by atoms with Gasteiger partial charge in [0.1, 0.15) is 24.0 Å². The van der Waals surface area contributed by atoms with Crippen LogP contribution in [0.2, 0.25) is 0 Å². The van der Waals surface area contributed by atoms with Crippen molar-refractivity contribution in [1.29, 1.82) is 0 Å². The van der Waals surface area contributed by atoms with Gasteiger partial charge in [-0.3, -0.25) is 14.5 Å². The maximum atomic E-state index is 12.8. The number of ether oxygens (including phenoxy) is 1. The van der Waals surface area contributed by atoms with Crippen molar-refractivity contribution >= 4 is 28.7 Å². The number of nitrogens with one attached hydrogen (secondary N) is 1. The zero-order valence-electron chi connectivity index (χ0n) is 23.8. The summed E-state index contributed by atoms with van der Waals surface area (Å²) < 4.78 is 22.8. The zero-order chi connectivity index (χ0) is 28.4. The number of carbonyl (C=O) groups is 1. The Morgan fingerprint density at radius 2 is 2.02 bits per heavy atom. The number of halogens is 1. The minimum absolute atomic E-state index is 0.0425. The molecule has 0 bridgehead atoms. The number of aromatic nitrogens is 6. The average Bonchev–Trinajstić information content (AvgIpc) is 3.58. The topological polar surface area (TPSA) is 103 Å². The van der Waals surface area contributed by atoms with Crippen molar-refractivity contribution < 1.29 is 13.9 Å². The summed E-state index contributed by atoms with van der Waals surface area (Å²) in [4.78, 5) is 27.1. The van der Waals surface area contributed by atoms with Gasteiger partial charge in [0.25, 0.3) is 0 Å². The second-order valence-corrected chi connectivity index (χ2v) is 11.6. The van der Waals surface area contributed by atoms with Crippen LogP contribution >= 0.6 is 0 Å². The molecule has 0 radical (unpaired) electrons. The van der Waals surface area contributed by atoms with Crippen LogP contribution < -0.4 is 10.1 Å². The predicted octanol–water partition coefficient (Wildman–Crippen LogP) is 4.82. The fraction of sp³-hybridized carbons (Fsp3) is 0.483. The van der Waals surface area contributed by atoms with Crippen LogP contribution in [0.15, 0.2) is 36.7 Å². The highest BCUT2D eigenvalue weighted by molar-refractivity contribution is 5.78. The first-order chi connectivity index (χ1) is 19.1. The number of carbonyl (C=O) groups excluding carboxylic acids is 1. The molecule has 1 aliphatic rings. The van der Waals surface area contributed by atoms with Gasteiger partial charge in [0, 0.05) is 68.6 Å². The highest BCUT2D eigenvalue weighted by atomic mass is 19.1. The molecule has 212 valence electrons. The lowest BCUT2D eigenvalue weighted by atomic mass is 9.92. The molecule has 1 saturated heterocycles.